The molecule has 0 aliphatic carbocycles. The molecule has 1 N–H and O–H groups in total. The summed E-state index contributed by atoms with van der Waals surface area (Å²) in [7, 11) is 0. The van der Waals surface area contributed by atoms with Crippen molar-refractivity contribution in [2.24, 2.45) is 0 Å². The van der Waals surface area contributed by atoms with Gasteiger partial charge in [0, 0.05) is 21.8 Å². The molecular weight excluding hydrogens is 374 g/mol. The van der Waals surface area contributed by atoms with Crippen molar-refractivity contribution in [1.82, 2.24) is 0 Å². The van der Waals surface area contributed by atoms with Crippen LogP contribution in [0.4, 0.5) is 5.69 Å². The van der Waals surface area contributed by atoms with Gasteiger partial charge in [-0.25, -0.2) is 0 Å². The summed E-state index contributed by atoms with van der Waals surface area (Å²) in [5.41, 5.74) is 3.90. The molecule has 28 heavy (non-hydrogen) atoms. The number of carbonyl (C=O) groups excluding carboxylic acids is 2. The first-order valence-corrected chi connectivity index (χ1v) is 9.21. The number of benzene rings is 3. The summed E-state index contributed by atoms with van der Waals surface area (Å²) in [4.78, 5) is 24.6. The highest BCUT2D eigenvalue weighted by atomic mass is 35.5. The molecule has 0 atom stereocenters. The molecule has 0 aliphatic heterocycles. The van der Waals surface area contributed by atoms with Crippen molar-refractivity contribution >= 4 is 29.0 Å². The van der Waals surface area contributed by atoms with E-state index in [1.165, 1.54) is 0 Å². The molecule has 0 unspecified atom stereocenters. The van der Waals surface area contributed by atoms with Crippen LogP contribution in [0.15, 0.2) is 66.7 Å². The Morgan fingerprint density at radius 1 is 0.857 bits per heavy atom. The molecule has 3 aromatic carbocycles. The normalized spacial score (nSPS) is 10.4. The van der Waals surface area contributed by atoms with Crippen LogP contribution in [0, 0.1) is 13.8 Å². The first-order valence-electron chi connectivity index (χ1n) is 8.83. The monoisotopic (exact) mass is 393 g/mol. The van der Waals surface area contributed by atoms with Crippen LogP contribution < -0.4 is 10.1 Å². The molecule has 5 heteroatoms. The van der Waals surface area contributed by atoms with Gasteiger partial charge in [0.05, 0.1) is 0 Å². The Labute approximate surface area is 169 Å². The number of ether oxygens (including phenoxy) is 1. The topological polar surface area (TPSA) is 55.4 Å². The summed E-state index contributed by atoms with van der Waals surface area (Å²) >= 11 is 5.85. The van der Waals surface area contributed by atoms with Crippen LogP contribution in [0.25, 0.3) is 0 Å². The number of para-hydroxylation sites is 1. The maximum atomic E-state index is 12.5. The second-order valence-corrected chi connectivity index (χ2v) is 6.90. The molecule has 3 rings (SSSR count). The highest BCUT2D eigenvalue weighted by molar-refractivity contribution is 6.30. The maximum absolute atomic E-state index is 12.5. The van der Waals surface area contributed by atoms with Gasteiger partial charge in [-0.1, -0.05) is 29.8 Å². The van der Waals surface area contributed by atoms with E-state index >= 15 is 0 Å². The number of ketones is 1. The third-order valence-corrected chi connectivity index (χ3v) is 4.59. The number of halogens is 1. The third-order valence-electron chi connectivity index (χ3n) is 4.34. The number of rotatable bonds is 6. The van der Waals surface area contributed by atoms with Gasteiger partial charge in [-0.3, -0.25) is 9.59 Å². The molecule has 3 aromatic rings. The number of hydrogen-bond donors (Lipinski definition) is 1. The first-order chi connectivity index (χ1) is 13.4. The van der Waals surface area contributed by atoms with E-state index in [4.69, 9.17) is 16.3 Å². The van der Waals surface area contributed by atoms with Gasteiger partial charge < -0.3 is 10.1 Å². The van der Waals surface area contributed by atoms with Crippen molar-refractivity contribution in [3.63, 3.8) is 0 Å². The molecule has 0 spiro atoms. The average Bonchev–Trinajstić information content (AvgIpc) is 2.70. The predicted octanol–water partition coefficient (Wildman–Crippen LogP) is 5.21. The van der Waals surface area contributed by atoms with Crippen molar-refractivity contribution < 1.29 is 14.3 Å². The van der Waals surface area contributed by atoms with E-state index in [-0.39, 0.29) is 18.3 Å². The average molecular weight is 394 g/mol. The zero-order valence-corrected chi connectivity index (χ0v) is 16.4. The number of anilines is 1. The SMILES string of the molecule is Cc1cccc(C)c1NC(=O)COc1ccc(C(=O)c2ccc(Cl)cc2)cc1. The quantitative estimate of drug-likeness (QED) is 0.585. The van der Waals surface area contributed by atoms with Crippen LogP contribution in [0.2, 0.25) is 5.02 Å². The fraction of sp³-hybridized carbons (Fsp3) is 0.130. The van der Waals surface area contributed by atoms with E-state index in [2.05, 4.69) is 5.32 Å². The fourth-order valence-electron chi connectivity index (χ4n) is 2.81. The van der Waals surface area contributed by atoms with Crippen LogP contribution in [-0.4, -0.2) is 18.3 Å². The van der Waals surface area contributed by atoms with E-state index in [0.717, 1.165) is 16.8 Å². The molecule has 0 radical (unpaired) electrons. The second kappa shape index (κ2) is 8.72. The van der Waals surface area contributed by atoms with Crippen LogP contribution in [0.3, 0.4) is 0 Å². The minimum Gasteiger partial charge on any atom is -0.484 e. The summed E-state index contributed by atoms with van der Waals surface area (Å²) in [6.45, 7) is 3.78. The van der Waals surface area contributed by atoms with E-state index in [0.29, 0.717) is 21.9 Å². The summed E-state index contributed by atoms with van der Waals surface area (Å²) < 4.78 is 5.54. The molecule has 0 saturated carbocycles. The Bertz CT molecular complexity index is 975. The zero-order valence-electron chi connectivity index (χ0n) is 15.7. The highest BCUT2D eigenvalue weighted by Crippen LogP contribution is 2.20. The minimum absolute atomic E-state index is 0.101. The first kappa shape index (κ1) is 19.6. The van der Waals surface area contributed by atoms with Gasteiger partial charge in [0.2, 0.25) is 0 Å². The molecule has 0 saturated heterocycles. The summed E-state index contributed by atoms with van der Waals surface area (Å²) in [6, 6.07) is 19.3. The largest absolute Gasteiger partial charge is 0.484 e. The standard InChI is InChI=1S/C23H20ClNO3/c1-15-4-3-5-16(2)22(15)25-21(26)14-28-20-12-8-18(9-13-20)23(27)17-6-10-19(24)11-7-17/h3-13H,14H2,1-2H3,(H,25,26). The van der Waals surface area contributed by atoms with Crippen LogP contribution in [0.1, 0.15) is 27.0 Å². The van der Waals surface area contributed by atoms with E-state index in [1.807, 2.05) is 32.0 Å². The van der Waals surface area contributed by atoms with Crippen molar-refractivity contribution in [3.05, 3.63) is 94.0 Å². The van der Waals surface area contributed by atoms with E-state index in [9.17, 15) is 9.59 Å². The Morgan fingerprint density at radius 3 is 1.96 bits per heavy atom. The van der Waals surface area contributed by atoms with Gasteiger partial charge in [-0.15, -0.1) is 0 Å². The van der Waals surface area contributed by atoms with Gasteiger partial charge in [0.25, 0.3) is 5.91 Å². The van der Waals surface area contributed by atoms with Crippen molar-refractivity contribution in [3.8, 4) is 5.75 Å². The predicted molar refractivity (Wildman–Crippen MR) is 111 cm³/mol. The Morgan fingerprint density at radius 2 is 1.39 bits per heavy atom. The maximum Gasteiger partial charge on any atom is 0.262 e. The number of amides is 1. The van der Waals surface area contributed by atoms with Crippen LogP contribution in [-0.2, 0) is 4.79 Å². The van der Waals surface area contributed by atoms with Crippen molar-refractivity contribution in [2.45, 2.75) is 13.8 Å². The lowest BCUT2D eigenvalue weighted by molar-refractivity contribution is -0.118. The number of nitrogens with one attached hydrogen (secondary N) is 1. The summed E-state index contributed by atoms with van der Waals surface area (Å²) in [5.74, 6) is 0.180. The lowest BCUT2D eigenvalue weighted by Crippen LogP contribution is -2.21. The third kappa shape index (κ3) is 4.78. The van der Waals surface area contributed by atoms with E-state index < -0.39 is 0 Å². The van der Waals surface area contributed by atoms with Gasteiger partial charge in [0.1, 0.15) is 5.75 Å². The summed E-state index contributed by atoms with van der Waals surface area (Å²) in [5, 5.41) is 3.46. The lowest BCUT2D eigenvalue weighted by atomic mass is 10.0. The molecule has 0 aromatic heterocycles. The molecule has 0 aliphatic rings. The van der Waals surface area contributed by atoms with E-state index in [1.54, 1.807) is 48.5 Å². The summed E-state index contributed by atoms with van der Waals surface area (Å²) in [6.07, 6.45) is 0. The fourth-order valence-corrected chi connectivity index (χ4v) is 2.93. The second-order valence-electron chi connectivity index (χ2n) is 6.46. The van der Waals surface area contributed by atoms with Gasteiger partial charge in [-0.2, -0.15) is 0 Å². The van der Waals surface area contributed by atoms with Gasteiger partial charge >= 0.3 is 0 Å². The van der Waals surface area contributed by atoms with Crippen molar-refractivity contribution in [2.75, 3.05) is 11.9 Å². The molecule has 1 amide bonds. The number of carbonyl (C=O) groups is 2. The zero-order chi connectivity index (χ0) is 20.1. The molecular formula is C23H20ClNO3. The molecule has 142 valence electrons. The van der Waals surface area contributed by atoms with Gasteiger partial charge in [0.15, 0.2) is 12.4 Å². The lowest BCUT2D eigenvalue weighted by Gasteiger charge is -2.12. The smallest absolute Gasteiger partial charge is 0.262 e. The molecule has 0 heterocycles. The van der Waals surface area contributed by atoms with Crippen LogP contribution >= 0.6 is 11.6 Å². The Balaban J connectivity index is 1.59. The highest BCUT2D eigenvalue weighted by Gasteiger charge is 2.11. The number of hydrogen-bond acceptors (Lipinski definition) is 3. The molecule has 0 fully saturated rings. The van der Waals surface area contributed by atoms with Crippen LogP contribution in [0.5, 0.6) is 5.75 Å². The molecule has 4 nitrogen and oxygen atoms in total. The Hall–Kier alpha value is -3.11. The van der Waals surface area contributed by atoms with Crippen molar-refractivity contribution in [1.29, 1.82) is 0 Å². The number of aryl methyl sites for hydroxylation is 2. The molecule has 0 bridgehead atoms. The minimum atomic E-state index is -0.237. The van der Waals surface area contributed by atoms with Gasteiger partial charge in [-0.05, 0) is 73.5 Å². The Kier molecular flexibility index (Phi) is 6.12.